The van der Waals surface area contributed by atoms with Crippen molar-refractivity contribution in [1.82, 2.24) is 0 Å². The van der Waals surface area contributed by atoms with E-state index in [4.69, 9.17) is 14.2 Å². The lowest BCUT2D eigenvalue weighted by atomic mass is 10.0. The highest BCUT2D eigenvalue weighted by atomic mass is 16.7. The molecule has 0 spiro atoms. The van der Waals surface area contributed by atoms with E-state index in [-0.39, 0.29) is 5.97 Å². The van der Waals surface area contributed by atoms with Crippen LogP contribution >= 0.6 is 0 Å². The molecule has 0 aromatic heterocycles. The summed E-state index contributed by atoms with van der Waals surface area (Å²) in [6.45, 7) is 4.67. The molecule has 25 heavy (non-hydrogen) atoms. The second-order valence-corrected chi connectivity index (χ2v) is 6.34. The van der Waals surface area contributed by atoms with Gasteiger partial charge in [0.1, 0.15) is 11.3 Å². The van der Waals surface area contributed by atoms with Gasteiger partial charge in [-0.25, -0.2) is 4.79 Å². The average Bonchev–Trinajstić information content (AvgIpc) is 2.57. The first-order valence-electron chi connectivity index (χ1n) is 8.39. The van der Waals surface area contributed by atoms with Gasteiger partial charge in [0.05, 0.1) is 13.2 Å². The molecule has 2 aromatic carbocycles. The summed E-state index contributed by atoms with van der Waals surface area (Å²) in [4.78, 5) is 12.3. The Morgan fingerprint density at radius 2 is 1.84 bits per heavy atom. The summed E-state index contributed by atoms with van der Waals surface area (Å²) in [5, 5.41) is 0. The van der Waals surface area contributed by atoms with E-state index in [1.54, 1.807) is 19.9 Å². The Balaban J connectivity index is 1.57. The van der Waals surface area contributed by atoms with Crippen LogP contribution in [0.2, 0.25) is 0 Å². The number of fused-ring (bicyclic) bond motifs is 1. The molecule has 0 unspecified atom stereocenters. The van der Waals surface area contributed by atoms with Crippen LogP contribution in [-0.2, 0) is 16.1 Å². The maximum Gasteiger partial charge on any atom is 0.345 e. The SMILES string of the molecule is CC1(C)OC(=O)c2c(/C=C/CCOCc3ccccc3)cccc2O1. The minimum Gasteiger partial charge on any atom is -0.452 e. The normalized spacial score (nSPS) is 15.5. The van der Waals surface area contributed by atoms with Crippen molar-refractivity contribution in [2.24, 2.45) is 0 Å². The zero-order valence-electron chi connectivity index (χ0n) is 14.5. The zero-order valence-corrected chi connectivity index (χ0v) is 14.5. The molecule has 0 fully saturated rings. The Morgan fingerprint density at radius 1 is 1.04 bits per heavy atom. The van der Waals surface area contributed by atoms with Crippen molar-refractivity contribution >= 4 is 12.0 Å². The van der Waals surface area contributed by atoms with Crippen molar-refractivity contribution in [3.8, 4) is 5.75 Å². The molecule has 0 bridgehead atoms. The molecule has 0 atom stereocenters. The minimum absolute atomic E-state index is 0.355. The third kappa shape index (κ3) is 4.48. The summed E-state index contributed by atoms with van der Waals surface area (Å²) in [6, 6.07) is 15.6. The summed E-state index contributed by atoms with van der Waals surface area (Å²) >= 11 is 0. The van der Waals surface area contributed by atoms with Crippen molar-refractivity contribution < 1.29 is 19.0 Å². The van der Waals surface area contributed by atoms with E-state index < -0.39 is 5.79 Å². The highest BCUT2D eigenvalue weighted by Gasteiger charge is 2.34. The fourth-order valence-corrected chi connectivity index (χ4v) is 2.68. The Morgan fingerprint density at radius 3 is 2.64 bits per heavy atom. The zero-order chi connectivity index (χ0) is 17.7. The number of carbonyl (C=O) groups excluding carboxylic acids is 1. The van der Waals surface area contributed by atoms with Gasteiger partial charge in [0, 0.05) is 13.8 Å². The molecule has 1 aliphatic rings. The summed E-state index contributed by atoms with van der Waals surface area (Å²) in [5.41, 5.74) is 2.43. The quantitative estimate of drug-likeness (QED) is 0.571. The van der Waals surface area contributed by atoms with Crippen LogP contribution in [-0.4, -0.2) is 18.4 Å². The molecule has 2 aromatic rings. The predicted molar refractivity (Wildman–Crippen MR) is 96.3 cm³/mol. The summed E-state index contributed by atoms with van der Waals surface area (Å²) in [5.74, 6) is -0.729. The monoisotopic (exact) mass is 338 g/mol. The van der Waals surface area contributed by atoms with E-state index >= 15 is 0 Å². The fourth-order valence-electron chi connectivity index (χ4n) is 2.68. The fraction of sp³-hybridized carbons (Fsp3) is 0.286. The van der Waals surface area contributed by atoms with Gasteiger partial charge in [0.2, 0.25) is 5.79 Å². The molecular weight excluding hydrogens is 316 g/mol. The van der Waals surface area contributed by atoms with Gasteiger partial charge >= 0.3 is 5.97 Å². The standard InChI is InChI=1S/C21H22O4/c1-21(2)24-18-13-8-12-17(19(18)20(22)25-21)11-6-7-14-23-15-16-9-4-3-5-10-16/h3-6,8-13H,7,14-15H2,1-2H3/b11-6+. The van der Waals surface area contributed by atoms with Gasteiger partial charge in [-0.2, -0.15) is 0 Å². The van der Waals surface area contributed by atoms with Crippen LogP contribution in [0.25, 0.3) is 6.08 Å². The van der Waals surface area contributed by atoms with Crippen molar-refractivity contribution in [2.75, 3.05) is 6.61 Å². The van der Waals surface area contributed by atoms with Crippen LogP contribution in [0.4, 0.5) is 0 Å². The van der Waals surface area contributed by atoms with Gasteiger partial charge in [0.15, 0.2) is 0 Å². The third-order valence-electron chi connectivity index (χ3n) is 3.79. The lowest BCUT2D eigenvalue weighted by Gasteiger charge is -2.32. The molecule has 1 aliphatic heterocycles. The number of cyclic esters (lactones) is 1. The van der Waals surface area contributed by atoms with Crippen LogP contribution in [0.3, 0.4) is 0 Å². The molecule has 130 valence electrons. The topological polar surface area (TPSA) is 44.8 Å². The highest BCUT2D eigenvalue weighted by Crippen LogP contribution is 2.33. The lowest BCUT2D eigenvalue weighted by molar-refractivity contribution is -0.127. The van der Waals surface area contributed by atoms with Gasteiger partial charge in [-0.15, -0.1) is 0 Å². The van der Waals surface area contributed by atoms with Crippen LogP contribution in [0.5, 0.6) is 5.75 Å². The Labute approximate surface area is 148 Å². The van der Waals surface area contributed by atoms with E-state index in [0.717, 1.165) is 17.5 Å². The van der Waals surface area contributed by atoms with Gasteiger partial charge in [-0.05, 0) is 23.6 Å². The first-order chi connectivity index (χ1) is 12.1. The number of hydrogen-bond donors (Lipinski definition) is 0. The maximum absolute atomic E-state index is 12.3. The average molecular weight is 338 g/mol. The van der Waals surface area contributed by atoms with Crippen LogP contribution < -0.4 is 4.74 Å². The van der Waals surface area contributed by atoms with Gasteiger partial charge in [0.25, 0.3) is 0 Å². The molecule has 1 heterocycles. The second-order valence-electron chi connectivity index (χ2n) is 6.34. The van der Waals surface area contributed by atoms with E-state index in [2.05, 4.69) is 0 Å². The molecule has 0 aliphatic carbocycles. The van der Waals surface area contributed by atoms with Crippen LogP contribution in [0.15, 0.2) is 54.6 Å². The third-order valence-corrected chi connectivity index (χ3v) is 3.79. The Kier molecular flexibility index (Phi) is 5.19. The summed E-state index contributed by atoms with van der Waals surface area (Å²) in [6.07, 6.45) is 4.67. The molecule has 0 saturated carbocycles. The number of esters is 1. The first-order valence-corrected chi connectivity index (χ1v) is 8.39. The summed E-state index contributed by atoms with van der Waals surface area (Å²) in [7, 11) is 0. The largest absolute Gasteiger partial charge is 0.452 e. The van der Waals surface area contributed by atoms with Gasteiger partial charge in [-0.3, -0.25) is 0 Å². The van der Waals surface area contributed by atoms with E-state index in [1.807, 2.05) is 54.6 Å². The summed E-state index contributed by atoms with van der Waals surface area (Å²) < 4.78 is 16.7. The molecule has 4 nitrogen and oxygen atoms in total. The van der Waals surface area contributed by atoms with Gasteiger partial charge < -0.3 is 14.2 Å². The maximum atomic E-state index is 12.3. The number of carbonyl (C=O) groups is 1. The number of hydrogen-bond acceptors (Lipinski definition) is 4. The smallest absolute Gasteiger partial charge is 0.345 e. The molecule has 0 N–H and O–H groups in total. The molecule has 0 saturated heterocycles. The Bertz CT molecular complexity index is 763. The van der Waals surface area contributed by atoms with Crippen molar-refractivity contribution in [1.29, 1.82) is 0 Å². The van der Waals surface area contributed by atoms with E-state index in [0.29, 0.717) is 24.5 Å². The van der Waals surface area contributed by atoms with Crippen molar-refractivity contribution in [3.05, 3.63) is 71.3 Å². The van der Waals surface area contributed by atoms with Crippen molar-refractivity contribution in [3.63, 3.8) is 0 Å². The molecular formula is C21H22O4. The van der Waals surface area contributed by atoms with E-state index in [1.165, 1.54) is 0 Å². The molecule has 0 radical (unpaired) electrons. The first kappa shape index (κ1) is 17.2. The van der Waals surface area contributed by atoms with E-state index in [9.17, 15) is 4.79 Å². The predicted octanol–water partition coefficient (Wildman–Crippen LogP) is 4.59. The number of ether oxygens (including phenoxy) is 3. The Hall–Kier alpha value is -2.59. The number of rotatable bonds is 6. The van der Waals surface area contributed by atoms with Crippen LogP contribution in [0, 0.1) is 0 Å². The molecule has 3 rings (SSSR count). The molecule has 0 amide bonds. The highest BCUT2D eigenvalue weighted by molar-refractivity contribution is 5.97. The molecule has 4 heteroatoms. The second kappa shape index (κ2) is 7.53. The van der Waals surface area contributed by atoms with Crippen molar-refractivity contribution in [2.45, 2.75) is 32.7 Å². The minimum atomic E-state index is -0.933. The lowest BCUT2D eigenvalue weighted by Crippen LogP contribution is -2.39. The number of benzene rings is 2. The van der Waals surface area contributed by atoms with Crippen LogP contribution in [0.1, 0.15) is 41.8 Å². The van der Waals surface area contributed by atoms with Gasteiger partial charge in [-0.1, -0.05) is 54.6 Å².